The van der Waals surface area contributed by atoms with Gasteiger partial charge >= 0.3 is 0 Å². The molecule has 17 heavy (non-hydrogen) atoms. The smallest absolute Gasteiger partial charge is 0.0433 e. The van der Waals surface area contributed by atoms with Gasteiger partial charge in [-0.25, -0.2) is 0 Å². The van der Waals surface area contributed by atoms with Gasteiger partial charge in [0.05, 0.1) is 0 Å². The lowest BCUT2D eigenvalue weighted by molar-refractivity contribution is 0.289. The van der Waals surface area contributed by atoms with Crippen molar-refractivity contribution in [2.45, 2.75) is 45.4 Å². The number of unbranched alkanes of at least 4 members (excludes halogenated alkanes) is 3. The minimum atomic E-state index is 0.285. The summed E-state index contributed by atoms with van der Waals surface area (Å²) in [6.45, 7) is 2.52. The maximum Gasteiger partial charge on any atom is 0.0433 e. The Morgan fingerprint density at radius 3 is 2.53 bits per heavy atom. The number of hydrogen-bond acceptors (Lipinski definition) is 1. The van der Waals surface area contributed by atoms with Gasteiger partial charge in [0.15, 0.2) is 0 Å². The Labute approximate surface area is 105 Å². The van der Waals surface area contributed by atoms with Crippen molar-refractivity contribution < 1.29 is 5.11 Å². The minimum Gasteiger partial charge on any atom is -0.396 e. The van der Waals surface area contributed by atoms with Gasteiger partial charge in [-0.3, -0.25) is 0 Å². The van der Waals surface area contributed by atoms with Crippen LogP contribution in [-0.4, -0.2) is 11.7 Å². The van der Waals surface area contributed by atoms with E-state index in [1.807, 2.05) is 0 Å². The Hall–Kier alpha value is -1.08. The largest absolute Gasteiger partial charge is 0.396 e. The van der Waals surface area contributed by atoms with Gasteiger partial charge in [-0.1, -0.05) is 56.2 Å². The van der Waals surface area contributed by atoms with Crippen molar-refractivity contribution in [1.82, 2.24) is 0 Å². The van der Waals surface area contributed by atoms with E-state index in [0.29, 0.717) is 0 Å². The maximum absolute atomic E-state index is 8.83. The molecule has 0 unspecified atom stereocenters. The van der Waals surface area contributed by atoms with Crippen molar-refractivity contribution in [3.63, 3.8) is 0 Å². The Morgan fingerprint density at radius 2 is 1.88 bits per heavy atom. The fourth-order valence-corrected chi connectivity index (χ4v) is 1.95. The van der Waals surface area contributed by atoms with E-state index in [0.717, 1.165) is 19.3 Å². The van der Waals surface area contributed by atoms with E-state index in [9.17, 15) is 0 Å². The predicted octanol–water partition coefficient (Wildman–Crippen LogP) is 4.42. The molecule has 0 aliphatic rings. The number of aliphatic hydroxyl groups is 1. The quantitative estimate of drug-likeness (QED) is 0.658. The van der Waals surface area contributed by atoms with Crippen LogP contribution in [0.25, 0.3) is 5.57 Å². The van der Waals surface area contributed by atoms with E-state index in [4.69, 9.17) is 5.11 Å². The SMILES string of the molecule is CCCCC/C(=C/CCCO)c1ccccc1. The second-order valence-corrected chi connectivity index (χ2v) is 4.42. The normalized spacial score (nSPS) is 11.8. The topological polar surface area (TPSA) is 20.2 Å². The van der Waals surface area contributed by atoms with E-state index < -0.39 is 0 Å². The molecule has 0 saturated heterocycles. The molecule has 0 saturated carbocycles. The molecule has 94 valence electrons. The molecule has 0 fully saturated rings. The van der Waals surface area contributed by atoms with Crippen LogP contribution in [0.4, 0.5) is 0 Å². The highest BCUT2D eigenvalue weighted by atomic mass is 16.2. The first-order valence-electron chi connectivity index (χ1n) is 6.73. The van der Waals surface area contributed by atoms with Gasteiger partial charge in [0.25, 0.3) is 0 Å². The summed E-state index contributed by atoms with van der Waals surface area (Å²) >= 11 is 0. The highest BCUT2D eigenvalue weighted by molar-refractivity contribution is 5.65. The fraction of sp³-hybridized carbons (Fsp3) is 0.500. The van der Waals surface area contributed by atoms with Crippen LogP contribution in [0.5, 0.6) is 0 Å². The van der Waals surface area contributed by atoms with Crippen LogP contribution in [0.3, 0.4) is 0 Å². The molecule has 0 bridgehead atoms. The molecule has 0 heterocycles. The molecule has 0 aromatic heterocycles. The van der Waals surface area contributed by atoms with Crippen molar-refractivity contribution >= 4 is 5.57 Å². The van der Waals surface area contributed by atoms with Crippen molar-refractivity contribution in [2.75, 3.05) is 6.61 Å². The molecular weight excluding hydrogens is 208 g/mol. The zero-order chi connectivity index (χ0) is 12.3. The van der Waals surface area contributed by atoms with Crippen LogP contribution < -0.4 is 0 Å². The summed E-state index contributed by atoms with van der Waals surface area (Å²) in [6, 6.07) is 10.6. The Morgan fingerprint density at radius 1 is 1.12 bits per heavy atom. The molecule has 0 amide bonds. The monoisotopic (exact) mass is 232 g/mol. The molecule has 1 rings (SSSR count). The molecule has 1 heteroatoms. The molecule has 1 nitrogen and oxygen atoms in total. The fourth-order valence-electron chi connectivity index (χ4n) is 1.95. The van der Waals surface area contributed by atoms with Gasteiger partial charge in [-0.05, 0) is 36.8 Å². The number of rotatable bonds is 8. The zero-order valence-corrected chi connectivity index (χ0v) is 10.9. The highest BCUT2D eigenvalue weighted by Gasteiger charge is 2.00. The molecular formula is C16H24O. The highest BCUT2D eigenvalue weighted by Crippen LogP contribution is 2.22. The summed E-state index contributed by atoms with van der Waals surface area (Å²) in [5.74, 6) is 0. The first-order chi connectivity index (χ1) is 8.38. The molecule has 0 atom stereocenters. The molecule has 0 aliphatic carbocycles. The van der Waals surface area contributed by atoms with Crippen molar-refractivity contribution in [3.8, 4) is 0 Å². The Kier molecular flexibility index (Phi) is 7.40. The average Bonchev–Trinajstić information content (AvgIpc) is 2.38. The molecule has 1 aromatic rings. The van der Waals surface area contributed by atoms with Crippen LogP contribution >= 0.6 is 0 Å². The van der Waals surface area contributed by atoms with Crippen LogP contribution in [0.1, 0.15) is 51.0 Å². The number of benzene rings is 1. The van der Waals surface area contributed by atoms with Gasteiger partial charge < -0.3 is 5.11 Å². The number of allylic oxidation sites excluding steroid dienone is 2. The maximum atomic E-state index is 8.83. The van der Waals surface area contributed by atoms with Crippen LogP contribution in [0.2, 0.25) is 0 Å². The van der Waals surface area contributed by atoms with E-state index >= 15 is 0 Å². The summed E-state index contributed by atoms with van der Waals surface area (Å²) in [5, 5.41) is 8.83. The summed E-state index contributed by atoms with van der Waals surface area (Å²) < 4.78 is 0. The molecule has 0 spiro atoms. The van der Waals surface area contributed by atoms with E-state index in [-0.39, 0.29) is 6.61 Å². The Bertz CT molecular complexity index is 314. The van der Waals surface area contributed by atoms with Gasteiger partial charge in [0.2, 0.25) is 0 Å². The molecule has 1 N–H and O–H groups in total. The first-order valence-corrected chi connectivity index (χ1v) is 6.73. The van der Waals surface area contributed by atoms with E-state index in [1.54, 1.807) is 0 Å². The first kappa shape index (κ1) is 14.0. The summed E-state index contributed by atoms with van der Waals surface area (Å²) in [4.78, 5) is 0. The molecule has 1 aromatic carbocycles. The lowest BCUT2D eigenvalue weighted by atomic mass is 9.98. The van der Waals surface area contributed by atoms with E-state index in [2.05, 4.69) is 43.3 Å². The molecule has 0 aliphatic heterocycles. The third-order valence-electron chi connectivity index (χ3n) is 2.95. The van der Waals surface area contributed by atoms with Crippen LogP contribution in [-0.2, 0) is 0 Å². The Balaban J connectivity index is 2.61. The zero-order valence-electron chi connectivity index (χ0n) is 10.9. The third-order valence-corrected chi connectivity index (χ3v) is 2.95. The van der Waals surface area contributed by atoms with Crippen LogP contribution in [0.15, 0.2) is 36.4 Å². The van der Waals surface area contributed by atoms with Gasteiger partial charge in [-0.2, -0.15) is 0 Å². The third kappa shape index (κ3) is 5.69. The van der Waals surface area contributed by atoms with Gasteiger partial charge in [0.1, 0.15) is 0 Å². The van der Waals surface area contributed by atoms with Crippen LogP contribution in [0, 0.1) is 0 Å². The predicted molar refractivity (Wildman–Crippen MR) is 74.9 cm³/mol. The summed E-state index contributed by atoms with van der Waals surface area (Å²) in [6.07, 6.45) is 9.11. The summed E-state index contributed by atoms with van der Waals surface area (Å²) in [7, 11) is 0. The minimum absolute atomic E-state index is 0.285. The van der Waals surface area contributed by atoms with Crippen molar-refractivity contribution in [1.29, 1.82) is 0 Å². The summed E-state index contributed by atoms with van der Waals surface area (Å²) in [5.41, 5.74) is 2.77. The van der Waals surface area contributed by atoms with Crippen molar-refractivity contribution in [3.05, 3.63) is 42.0 Å². The van der Waals surface area contributed by atoms with Gasteiger partial charge in [0, 0.05) is 6.61 Å². The van der Waals surface area contributed by atoms with Gasteiger partial charge in [-0.15, -0.1) is 0 Å². The number of aliphatic hydroxyl groups excluding tert-OH is 1. The number of hydrogen-bond donors (Lipinski definition) is 1. The second kappa shape index (κ2) is 9.00. The lowest BCUT2D eigenvalue weighted by Gasteiger charge is -2.08. The standard InChI is InChI=1S/C16H24O/c1-2-3-5-10-15(13-8-9-14-17)16-11-6-4-7-12-16/h4,6-7,11-13,17H,2-3,5,8-10,14H2,1H3/b15-13-. The molecule has 0 radical (unpaired) electrons. The van der Waals surface area contributed by atoms with Crippen molar-refractivity contribution in [2.24, 2.45) is 0 Å². The lowest BCUT2D eigenvalue weighted by Crippen LogP contribution is -1.87. The second-order valence-electron chi connectivity index (χ2n) is 4.42. The average molecular weight is 232 g/mol. The van der Waals surface area contributed by atoms with E-state index in [1.165, 1.54) is 30.4 Å².